The molecule has 2 heteroatoms. The largest absolute Gasteiger partial charge is 0.334 e. The molecular weight excluding hydrogens is 150 g/mol. The minimum Gasteiger partial charge on any atom is -0.334 e. The molecule has 0 radical (unpaired) electrons. The Morgan fingerprint density at radius 2 is 1.64 bits per heavy atom. The highest BCUT2D eigenvalue weighted by atomic mass is 28.2. The van der Waals surface area contributed by atoms with Gasteiger partial charge in [-0.2, -0.15) is 0 Å². The molecule has 0 spiro atoms. The lowest BCUT2D eigenvalue weighted by molar-refractivity contribution is 0.627. The molecule has 0 aromatic rings. The lowest BCUT2D eigenvalue weighted by atomic mass is 10.2. The van der Waals surface area contributed by atoms with Crippen molar-refractivity contribution in [3.05, 3.63) is 0 Å². The lowest BCUT2D eigenvalue weighted by Crippen LogP contribution is -2.16. The van der Waals surface area contributed by atoms with Crippen LogP contribution in [0.4, 0.5) is 0 Å². The van der Waals surface area contributed by atoms with Crippen LogP contribution in [0.15, 0.2) is 0 Å². The Morgan fingerprint density at radius 3 is 2.18 bits per heavy atom. The van der Waals surface area contributed by atoms with Crippen molar-refractivity contribution in [1.82, 2.24) is 4.57 Å². The van der Waals surface area contributed by atoms with Crippen LogP contribution in [0.2, 0.25) is 6.04 Å². The normalized spacial score (nSPS) is 12.0. The summed E-state index contributed by atoms with van der Waals surface area (Å²) < 4.78 is 2.40. The molecular formula is C9H23NSi. The second kappa shape index (κ2) is 8.28. The highest BCUT2D eigenvalue weighted by Crippen LogP contribution is 2.04. The van der Waals surface area contributed by atoms with Crippen molar-refractivity contribution >= 4 is 9.68 Å². The summed E-state index contributed by atoms with van der Waals surface area (Å²) in [4.78, 5) is 0. The zero-order valence-electron chi connectivity index (χ0n) is 8.40. The molecule has 1 nitrogen and oxygen atoms in total. The minimum atomic E-state index is 0.145. The molecule has 0 unspecified atom stereocenters. The Hall–Kier alpha value is 0.177. The maximum absolute atomic E-state index is 2.40. The summed E-state index contributed by atoms with van der Waals surface area (Å²) in [5.74, 6) is 0. The van der Waals surface area contributed by atoms with Gasteiger partial charge in [-0.25, -0.2) is 0 Å². The molecule has 0 aliphatic carbocycles. The van der Waals surface area contributed by atoms with E-state index in [9.17, 15) is 0 Å². The standard InChI is InChI=1S/C9H23NSi/c1-4-5-6-7-8-9-11-10(2)3/h4-9,11H2,1-3H3. The zero-order valence-corrected chi connectivity index (χ0v) is 9.81. The van der Waals surface area contributed by atoms with Crippen molar-refractivity contribution in [3.63, 3.8) is 0 Å². The first-order chi connectivity index (χ1) is 5.27. The van der Waals surface area contributed by atoms with Crippen molar-refractivity contribution in [1.29, 1.82) is 0 Å². The SMILES string of the molecule is CCCCCCC[SiH2]N(C)C. The first-order valence-corrected chi connectivity index (χ1v) is 6.55. The van der Waals surface area contributed by atoms with E-state index in [2.05, 4.69) is 25.6 Å². The van der Waals surface area contributed by atoms with Crippen LogP contribution in [-0.2, 0) is 0 Å². The molecule has 0 saturated carbocycles. The smallest absolute Gasteiger partial charge is 0.0943 e. The fourth-order valence-corrected chi connectivity index (χ4v) is 2.42. The molecule has 0 amide bonds. The Balaban J connectivity index is 2.80. The van der Waals surface area contributed by atoms with Gasteiger partial charge in [0.05, 0.1) is 9.68 Å². The van der Waals surface area contributed by atoms with Crippen LogP contribution in [0.25, 0.3) is 0 Å². The van der Waals surface area contributed by atoms with Crippen molar-refractivity contribution in [2.45, 2.75) is 45.1 Å². The van der Waals surface area contributed by atoms with Gasteiger partial charge in [0.25, 0.3) is 0 Å². The highest BCUT2D eigenvalue weighted by Gasteiger charge is 1.91. The molecule has 0 saturated heterocycles. The van der Waals surface area contributed by atoms with Crippen LogP contribution in [-0.4, -0.2) is 28.3 Å². The summed E-state index contributed by atoms with van der Waals surface area (Å²) in [7, 11) is 4.56. The second-order valence-electron chi connectivity index (χ2n) is 3.57. The number of hydrogen-bond acceptors (Lipinski definition) is 1. The summed E-state index contributed by atoms with van der Waals surface area (Å²) in [5.41, 5.74) is 0. The van der Waals surface area contributed by atoms with Crippen LogP contribution >= 0.6 is 0 Å². The second-order valence-corrected chi connectivity index (χ2v) is 5.99. The number of nitrogens with zero attached hydrogens (tertiary/aromatic N) is 1. The van der Waals surface area contributed by atoms with Crippen LogP contribution in [0.3, 0.4) is 0 Å². The van der Waals surface area contributed by atoms with E-state index in [-0.39, 0.29) is 9.68 Å². The molecule has 0 aliphatic rings. The molecule has 0 rings (SSSR count). The Kier molecular flexibility index (Phi) is 8.41. The van der Waals surface area contributed by atoms with Gasteiger partial charge < -0.3 is 4.57 Å². The maximum Gasteiger partial charge on any atom is 0.0943 e. The first kappa shape index (κ1) is 11.2. The monoisotopic (exact) mass is 173 g/mol. The molecule has 0 aromatic heterocycles. The van der Waals surface area contributed by atoms with E-state index in [4.69, 9.17) is 0 Å². The number of hydrogen-bond donors (Lipinski definition) is 0. The van der Waals surface area contributed by atoms with Crippen LogP contribution in [0, 0.1) is 0 Å². The molecule has 0 N–H and O–H groups in total. The molecule has 0 bridgehead atoms. The van der Waals surface area contributed by atoms with Gasteiger partial charge in [0.1, 0.15) is 0 Å². The summed E-state index contributed by atoms with van der Waals surface area (Å²) in [5, 5.41) is 0. The molecule has 68 valence electrons. The van der Waals surface area contributed by atoms with Crippen molar-refractivity contribution in [2.75, 3.05) is 14.1 Å². The summed E-state index contributed by atoms with van der Waals surface area (Å²) in [6, 6.07) is 1.51. The van der Waals surface area contributed by atoms with Crippen LogP contribution in [0.1, 0.15) is 39.0 Å². The van der Waals surface area contributed by atoms with E-state index in [0.717, 1.165) is 0 Å². The van der Waals surface area contributed by atoms with Gasteiger partial charge in [-0.15, -0.1) is 0 Å². The average Bonchev–Trinajstić information content (AvgIpc) is 1.96. The fourth-order valence-electron chi connectivity index (χ4n) is 1.21. The summed E-state index contributed by atoms with van der Waals surface area (Å²) in [6.45, 7) is 2.27. The van der Waals surface area contributed by atoms with Crippen molar-refractivity contribution < 1.29 is 0 Å². The van der Waals surface area contributed by atoms with Gasteiger partial charge >= 0.3 is 0 Å². The van der Waals surface area contributed by atoms with E-state index in [1.54, 1.807) is 0 Å². The van der Waals surface area contributed by atoms with Crippen LogP contribution in [0.5, 0.6) is 0 Å². The fraction of sp³-hybridized carbons (Fsp3) is 1.00. The number of unbranched alkanes of at least 4 members (excludes halogenated alkanes) is 4. The van der Waals surface area contributed by atoms with Gasteiger partial charge in [-0.05, 0) is 20.1 Å². The molecule has 11 heavy (non-hydrogen) atoms. The average molecular weight is 173 g/mol. The minimum absolute atomic E-state index is 0.145. The topological polar surface area (TPSA) is 3.24 Å². The van der Waals surface area contributed by atoms with E-state index in [1.165, 1.54) is 38.1 Å². The molecule has 0 aromatic carbocycles. The molecule has 0 heterocycles. The lowest BCUT2D eigenvalue weighted by Gasteiger charge is -2.07. The van der Waals surface area contributed by atoms with E-state index >= 15 is 0 Å². The van der Waals surface area contributed by atoms with Gasteiger partial charge in [-0.1, -0.05) is 39.0 Å². The Morgan fingerprint density at radius 1 is 1.00 bits per heavy atom. The summed E-state index contributed by atoms with van der Waals surface area (Å²) in [6.07, 6.45) is 7.20. The predicted molar refractivity (Wildman–Crippen MR) is 55.8 cm³/mol. The predicted octanol–water partition coefficient (Wildman–Crippen LogP) is 2.02. The third kappa shape index (κ3) is 10.2. The van der Waals surface area contributed by atoms with Gasteiger partial charge in [0, 0.05) is 0 Å². The highest BCUT2D eigenvalue weighted by molar-refractivity contribution is 6.31. The Bertz CT molecular complexity index is 74.0. The van der Waals surface area contributed by atoms with E-state index in [0.29, 0.717) is 0 Å². The van der Waals surface area contributed by atoms with Gasteiger partial charge in [0.2, 0.25) is 0 Å². The van der Waals surface area contributed by atoms with E-state index < -0.39 is 0 Å². The van der Waals surface area contributed by atoms with Crippen molar-refractivity contribution in [3.8, 4) is 0 Å². The molecule has 0 atom stereocenters. The third-order valence-corrected chi connectivity index (χ3v) is 3.67. The van der Waals surface area contributed by atoms with Gasteiger partial charge in [0.15, 0.2) is 0 Å². The number of rotatable bonds is 7. The molecule has 0 aliphatic heterocycles. The third-order valence-electron chi connectivity index (χ3n) is 1.96. The van der Waals surface area contributed by atoms with E-state index in [1.807, 2.05) is 0 Å². The summed E-state index contributed by atoms with van der Waals surface area (Å²) >= 11 is 0. The zero-order chi connectivity index (χ0) is 8.53. The van der Waals surface area contributed by atoms with Crippen LogP contribution < -0.4 is 0 Å². The maximum atomic E-state index is 2.40. The first-order valence-electron chi connectivity index (χ1n) is 4.92. The Labute approximate surface area is 74.1 Å². The quantitative estimate of drug-likeness (QED) is 0.420. The molecule has 0 fully saturated rings. The van der Waals surface area contributed by atoms with Crippen molar-refractivity contribution in [2.24, 2.45) is 0 Å². The van der Waals surface area contributed by atoms with Gasteiger partial charge in [-0.3, -0.25) is 0 Å².